The van der Waals surface area contributed by atoms with Crippen molar-refractivity contribution < 1.29 is 14.3 Å². The van der Waals surface area contributed by atoms with Crippen LogP contribution in [-0.2, 0) is 16.1 Å². The summed E-state index contributed by atoms with van der Waals surface area (Å²) in [5, 5.41) is 0.321. The summed E-state index contributed by atoms with van der Waals surface area (Å²) in [6.45, 7) is 5.83. The molecule has 0 aliphatic heterocycles. The van der Waals surface area contributed by atoms with Crippen LogP contribution in [0, 0.1) is 12.8 Å². The summed E-state index contributed by atoms with van der Waals surface area (Å²) in [4.78, 5) is 40.5. The van der Waals surface area contributed by atoms with Crippen LogP contribution in [0.2, 0.25) is 0 Å². The number of hydrogen-bond donors (Lipinski definition) is 1. The summed E-state index contributed by atoms with van der Waals surface area (Å²) in [5.41, 5.74) is 5.41. The Kier molecular flexibility index (Phi) is 5.15. The molecule has 2 aromatic heterocycles. The Morgan fingerprint density at radius 2 is 2.13 bits per heavy atom. The van der Waals surface area contributed by atoms with Crippen molar-refractivity contribution in [3.05, 3.63) is 27.1 Å². The Balaban J connectivity index is 2.24. The number of carbonyl (C=O) groups excluding carboxylic acids is 2. The van der Waals surface area contributed by atoms with Gasteiger partial charge in [-0.25, -0.2) is 4.98 Å². The first kappa shape index (κ1) is 17.1. The molecule has 0 atom stereocenters. The number of carbonyl (C=O) groups is 2. The highest BCUT2D eigenvalue weighted by molar-refractivity contribution is 7.20. The Morgan fingerprint density at radius 1 is 1.43 bits per heavy atom. The fourth-order valence-corrected chi connectivity index (χ4v) is 3.09. The molecule has 124 valence electrons. The van der Waals surface area contributed by atoms with Gasteiger partial charge in [0.25, 0.3) is 11.5 Å². The molecule has 1 amide bonds. The summed E-state index contributed by atoms with van der Waals surface area (Å²) in [7, 11) is 0. The number of rotatable bonds is 6. The van der Waals surface area contributed by atoms with E-state index in [0.29, 0.717) is 33.2 Å². The van der Waals surface area contributed by atoms with Gasteiger partial charge >= 0.3 is 5.97 Å². The first-order valence-corrected chi connectivity index (χ1v) is 8.06. The average Bonchev–Trinajstić information content (AvgIpc) is 2.79. The number of thiophene rings is 1. The Morgan fingerprint density at radius 3 is 2.74 bits per heavy atom. The number of amides is 1. The van der Waals surface area contributed by atoms with Crippen molar-refractivity contribution in [1.29, 1.82) is 0 Å². The normalized spacial score (nSPS) is 11.1. The minimum atomic E-state index is -0.593. The fraction of sp³-hybridized carbons (Fsp3) is 0.467. The lowest BCUT2D eigenvalue weighted by Gasteiger charge is -2.08. The van der Waals surface area contributed by atoms with E-state index >= 15 is 0 Å². The van der Waals surface area contributed by atoms with E-state index in [0.717, 1.165) is 17.8 Å². The molecule has 0 fully saturated rings. The van der Waals surface area contributed by atoms with Crippen LogP contribution in [-0.4, -0.2) is 28.0 Å². The van der Waals surface area contributed by atoms with Gasteiger partial charge < -0.3 is 10.5 Å². The smallest absolute Gasteiger partial charge is 0.326 e. The van der Waals surface area contributed by atoms with Crippen LogP contribution in [0.4, 0.5) is 0 Å². The number of ether oxygens (including phenoxy) is 1. The molecule has 8 heteroatoms. The van der Waals surface area contributed by atoms with Gasteiger partial charge in [-0.2, -0.15) is 0 Å². The Hall–Kier alpha value is -2.22. The molecule has 2 N–H and O–H groups in total. The number of aromatic nitrogens is 2. The molecule has 0 unspecified atom stereocenters. The number of nitrogens with zero attached hydrogens (tertiary/aromatic N) is 2. The summed E-state index contributed by atoms with van der Waals surface area (Å²) in [6, 6.07) is 0. The molecule has 0 radical (unpaired) electrons. The maximum absolute atomic E-state index is 12.5. The molecule has 2 heterocycles. The van der Waals surface area contributed by atoms with Gasteiger partial charge in [0, 0.05) is 0 Å². The van der Waals surface area contributed by atoms with Crippen molar-refractivity contribution >= 4 is 33.4 Å². The lowest BCUT2D eigenvalue weighted by molar-refractivity contribution is -0.144. The summed E-state index contributed by atoms with van der Waals surface area (Å²) in [5.74, 6) is -0.648. The van der Waals surface area contributed by atoms with Crippen molar-refractivity contribution in [3.63, 3.8) is 0 Å². The first-order chi connectivity index (χ1) is 10.8. The standard InChI is InChI=1S/C15H19N3O4S/c1-8(2)4-5-22-10(19)6-18-7-17-14-11(15(18)21)9(3)12(23-14)13(16)20/h7-8H,4-6H2,1-3H3,(H2,16,20). The van der Waals surface area contributed by atoms with Gasteiger partial charge in [-0.15, -0.1) is 11.3 Å². The summed E-state index contributed by atoms with van der Waals surface area (Å²) in [6.07, 6.45) is 2.05. The molecule has 0 aliphatic carbocycles. The second-order valence-corrected chi connectivity index (χ2v) is 6.68. The molecule has 0 bridgehead atoms. The zero-order chi connectivity index (χ0) is 17.1. The summed E-state index contributed by atoms with van der Waals surface area (Å²) < 4.78 is 6.28. The van der Waals surface area contributed by atoms with Gasteiger partial charge in [-0.05, 0) is 24.8 Å². The van der Waals surface area contributed by atoms with Gasteiger partial charge in [-0.3, -0.25) is 19.0 Å². The third-order valence-corrected chi connectivity index (χ3v) is 4.61. The topological polar surface area (TPSA) is 104 Å². The number of nitrogens with two attached hydrogens (primary N) is 1. The third-order valence-electron chi connectivity index (χ3n) is 3.40. The van der Waals surface area contributed by atoms with E-state index in [1.807, 2.05) is 13.8 Å². The summed E-state index contributed by atoms with van der Waals surface area (Å²) >= 11 is 1.08. The molecule has 0 aromatic carbocycles. The number of hydrogen-bond acceptors (Lipinski definition) is 6. The van der Waals surface area contributed by atoms with E-state index < -0.39 is 11.9 Å². The monoisotopic (exact) mass is 337 g/mol. The lowest BCUT2D eigenvalue weighted by atomic mass is 10.1. The van der Waals surface area contributed by atoms with E-state index in [9.17, 15) is 14.4 Å². The first-order valence-electron chi connectivity index (χ1n) is 7.25. The molecule has 23 heavy (non-hydrogen) atoms. The molecule has 0 aliphatic rings. The van der Waals surface area contributed by atoms with E-state index in [1.54, 1.807) is 6.92 Å². The number of fused-ring (bicyclic) bond motifs is 1. The van der Waals surface area contributed by atoms with E-state index in [2.05, 4.69) is 4.98 Å². The van der Waals surface area contributed by atoms with Crippen molar-refractivity contribution in [2.45, 2.75) is 33.7 Å². The third kappa shape index (κ3) is 3.76. The maximum atomic E-state index is 12.5. The molecule has 0 saturated heterocycles. The van der Waals surface area contributed by atoms with Gasteiger partial charge in [-0.1, -0.05) is 13.8 Å². The quantitative estimate of drug-likeness (QED) is 0.804. The highest BCUT2D eigenvalue weighted by atomic mass is 32.1. The van der Waals surface area contributed by atoms with Gasteiger partial charge in [0.05, 0.1) is 23.2 Å². The van der Waals surface area contributed by atoms with Crippen LogP contribution in [0.15, 0.2) is 11.1 Å². The highest BCUT2D eigenvalue weighted by Gasteiger charge is 2.18. The van der Waals surface area contributed by atoms with Crippen LogP contribution in [0.5, 0.6) is 0 Å². The van der Waals surface area contributed by atoms with Gasteiger partial charge in [0.15, 0.2) is 0 Å². The minimum absolute atomic E-state index is 0.207. The molecule has 2 aromatic rings. The molecule has 0 spiro atoms. The van der Waals surface area contributed by atoms with Crippen molar-refractivity contribution in [2.24, 2.45) is 11.7 Å². The minimum Gasteiger partial charge on any atom is -0.464 e. The second kappa shape index (κ2) is 6.91. The van der Waals surface area contributed by atoms with E-state index in [1.165, 1.54) is 10.9 Å². The molecule has 7 nitrogen and oxygen atoms in total. The van der Waals surface area contributed by atoms with E-state index in [-0.39, 0.29) is 12.1 Å². The second-order valence-electron chi connectivity index (χ2n) is 5.68. The number of esters is 1. The van der Waals surface area contributed by atoms with Crippen LogP contribution in [0.25, 0.3) is 10.2 Å². The number of primary amides is 1. The Bertz CT molecular complexity index is 807. The molecular formula is C15H19N3O4S. The average molecular weight is 337 g/mol. The van der Waals surface area contributed by atoms with Crippen molar-refractivity contribution in [2.75, 3.05) is 6.61 Å². The predicted octanol–water partition coefficient (Wildman–Crippen LogP) is 1.45. The van der Waals surface area contributed by atoms with Crippen LogP contribution in [0.1, 0.15) is 35.5 Å². The number of aryl methyl sites for hydroxylation is 1. The predicted molar refractivity (Wildman–Crippen MR) is 87.5 cm³/mol. The van der Waals surface area contributed by atoms with Crippen LogP contribution in [0.3, 0.4) is 0 Å². The largest absolute Gasteiger partial charge is 0.464 e. The van der Waals surface area contributed by atoms with Gasteiger partial charge in [0.2, 0.25) is 0 Å². The van der Waals surface area contributed by atoms with Crippen LogP contribution < -0.4 is 11.3 Å². The zero-order valence-corrected chi connectivity index (χ0v) is 14.1. The zero-order valence-electron chi connectivity index (χ0n) is 13.3. The molecular weight excluding hydrogens is 318 g/mol. The van der Waals surface area contributed by atoms with Crippen LogP contribution >= 0.6 is 11.3 Å². The SMILES string of the molecule is Cc1c(C(N)=O)sc2ncn(CC(=O)OCCC(C)C)c(=O)c12. The van der Waals surface area contributed by atoms with Gasteiger partial charge in [0.1, 0.15) is 11.4 Å². The Labute approximate surface area is 137 Å². The molecule has 2 rings (SSSR count). The fourth-order valence-electron chi connectivity index (χ4n) is 2.10. The molecule has 0 saturated carbocycles. The van der Waals surface area contributed by atoms with Crippen molar-refractivity contribution in [3.8, 4) is 0 Å². The lowest BCUT2D eigenvalue weighted by Crippen LogP contribution is -2.26. The highest BCUT2D eigenvalue weighted by Crippen LogP contribution is 2.26. The van der Waals surface area contributed by atoms with E-state index in [4.69, 9.17) is 10.5 Å². The van der Waals surface area contributed by atoms with Crippen molar-refractivity contribution in [1.82, 2.24) is 9.55 Å². The maximum Gasteiger partial charge on any atom is 0.326 e.